The quantitative estimate of drug-likeness (QED) is 0.505. The van der Waals surface area contributed by atoms with Gasteiger partial charge in [-0.25, -0.2) is 0 Å². The summed E-state index contributed by atoms with van der Waals surface area (Å²) in [6, 6.07) is 0. The van der Waals surface area contributed by atoms with Crippen LogP contribution in [0.2, 0.25) is 0 Å². The van der Waals surface area contributed by atoms with Crippen molar-refractivity contribution in [1.29, 1.82) is 0 Å². The molecule has 56 valence electrons. The summed E-state index contributed by atoms with van der Waals surface area (Å²) in [4.78, 5) is 0. The predicted octanol–water partition coefficient (Wildman–Crippen LogP) is 1.72. The van der Waals surface area contributed by atoms with E-state index in [1.165, 1.54) is 0 Å². The first-order chi connectivity index (χ1) is 4.54. The van der Waals surface area contributed by atoms with E-state index in [4.69, 9.17) is 0 Å². The highest BCUT2D eigenvalue weighted by molar-refractivity contribution is 5.22. The average molecular weight is 138 g/mol. The molecule has 1 fully saturated rings. The van der Waals surface area contributed by atoms with Crippen LogP contribution in [0.5, 0.6) is 0 Å². The van der Waals surface area contributed by atoms with E-state index in [2.05, 4.69) is 19.1 Å². The normalized spacial score (nSPS) is 58.1. The molecule has 1 saturated carbocycles. The number of aliphatic hydroxyl groups is 1. The van der Waals surface area contributed by atoms with Crippen molar-refractivity contribution in [3.05, 3.63) is 12.2 Å². The molecule has 2 bridgehead atoms. The van der Waals surface area contributed by atoms with Gasteiger partial charge in [-0.2, -0.15) is 0 Å². The van der Waals surface area contributed by atoms with Crippen molar-refractivity contribution in [1.82, 2.24) is 0 Å². The summed E-state index contributed by atoms with van der Waals surface area (Å²) in [5.41, 5.74) is -0.357. The third-order valence-corrected chi connectivity index (χ3v) is 3.31. The molecule has 0 aliphatic heterocycles. The number of fused-ring (bicyclic) bond motifs is 2. The molecule has 2 aliphatic rings. The van der Waals surface area contributed by atoms with Crippen LogP contribution in [0.1, 0.15) is 26.7 Å². The maximum absolute atomic E-state index is 9.89. The zero-order valence-corrected chi connectivity index (χ0v) is 6.59. The van der Waals surface area contributed by atoms with Crippen LogP contribution in [0.4, 0.5) is 0 Å². The second-order valence-electron chi connectivity index (χ2n) is 4.22. The molecule has 0 spiro atoms. The Morgan fingerprint density at radius 2 is 2.10 bits per heavy atom. The smallest absolute Gasteiger partial charge is 0.0713 e. The molecule has 0 unspecified atom stereocenters. The Kier molecular flexibility index (Phi) is 0.946. The molecule has 1 heteroatoms. The van der Waals surface area contributed by atoms with Crippen molar-refractivity contribution in [2.75, 3.05) is 0 Å². The first kappa shape index (κ1) is 6.41. The van der Waals surface area contributed by atoms with E-state index in [0.717, 1.165) is 12.8 Å². The van der Waals surface area contributed by atoms with Crippen LogP contribution < -0.4 is 0 Å². The number of allylic oxidation sites excluding steroid dienone is 1. The van der Waals surface area contributed by atoms with E-state index in [1.807, 2.05) is 6.92 Å². The molecule has 0 aromatic carbocycles. The molecule has 0 aromatic heterocycles. The van der Waals surface area contributed by atoms with Gasteiger partial charge in [-0.3, -0.25) is 0 Å². The van der Waals surface area contributed by atoms with E-state index in [0.29, 0.717) is 5.92 Å². The van der Waals surface area contributed by atoms with Gasteiger partial charge in [-0.1, -0.05) is 19.1 Å². The van der Waals surface area contributed by atoms with Gasteiger partial charge in [0.05, 0.1) is 5.60 Å². The van der Waals surface area contributed by atoms with Gasteiger partial charge in [-0.15, -0.1) is 0 Å². The van der Waals surface area contributed by atoms with E-state index in [9.17, 15) is 5.11 Å². The van der Waals surface area contributed by atoms with Gasteiger partial charge in [0.2, 0.25) is 0 Å². The maximum atomic E-state index is 9.89. The Labute approximate surface area is 61.8 Å². The van der Waals surface area contributed by atoms with E-state index >= 15 is 0 Å². The molecule has 10 heavy (non-hydrogen) atoms. The zero-order chi connectivity index (χ0) is 7.41. The summed E-state index contributed by atoms with van der Waals surface area (Å²) in [5.74, 6) is 0.653. The monoisotopic (exact) mass is 138 g/mol. The molecule has 0 amide bonds. The maximum Gasteiger partial charge on any atom is 0.0713 e. The highest BCUT2D eigenvalue weighted by atomic mass is 16.3. The molecular weight excluding hydrogens is 124 g/mol. The molecule has 0 radical (unpaired) electrons. The van der Waals surface area contributed by atoms with Crippen molar-refractivity contribution >= 4 is 0 Å². The van der Waals surface area contributed by atoms with Gasteiger partial charge in [0.1, 0.15) is 0 Å². The average Bonchev–Trinajstić information content (AvgIpc) is 2.18. The van der Waals surface area contributed by atoms with Crippen LogP contribution in [-0.2, 0) is 0 Å². The van der Waals surface area contributed by atoms with Crippen molar-refractivity contribution in [2.24, 2.45) is 11.3 Å². The van der Waals surface area contributed by atoms with Crippen molar-refractivity contribution < 1.29 is 5.11 Å². The Bertz CT molecular complexity index is 193. The number of hydrogen-bond donors (Lipinski definition) is 1. The summed E-state index contributed by atoms with van der Waals surface area (Å²) >= 11 is 0. The second kappa shape index (κ2) is 1.48. The molecule has 0 heterocycles. The van der Waals surface area contributed by atoms with Crippen LogP contribution in [-0.4, -0.2) is 10.7 Å². The highest BCUT2D eigenvalue weighted by Gasteiger charge is 2.52. The van der Waals surface area contributed by atoms with Gasteiger partial charge in [0.25, 0.3) is 0 Å². The van der Waals surface area contributed by atoms with Crippen LogP contribution >= 0.6 is 0 Å². The third-order valence-electron chi connectivity index (χ3n) is 3.31. The molecule has 2 rings (SSSR count). The molecule has 1 nitrogen and oxygen atoms in total. The Morgan fingerprint density at radius 3 is 2.30 bits per heavy atom. The van der Waals surface area contributed by atoms with E-state index in [-0.39, 0.29) is 5.41 Å². The van der Waals surface area contributed by atoms with Crippen LogP contribution in [0.3, 0.4) is 0 Å². The standard InChI is InChI=1S/C9H14O/c1-8-4-3-7(5-8)6-9(8,2)10/h3-4,7,10H,5-6H2,1-2H3/t7-,8-,9-/m0/s1. The van der Waals surface area contributed by atoms with Crippen molar-refractivity contribution in [3.8, 4) is 0 Å². The molecule has 2 aliphatic carbocycles. The molecule has 3 atom stereocenters. The number of rotatable bonds is 0. The van der Waals surface area contributed by atoms with Crippen molar-refractivity contribution in [2.45, 2.75) is 32.3 Å². The van der Waals surface area contributed by atoms with Gasteiger partial charge < -0.3 is 5.11 Å². The lowest BCUT2D eigenvalue weighted by Crippen LogP contribution is -2.37. The zero-order valence-electron chi connectivity index (χ0n) is 6.59. The third kappa shape index (κ3) is 0.567. The van der Waals surface area contributed by atoms with E-state index in [1.54, 1.807) is 0 Å². The fourth-order valence-corrected chi connectivity index (χ4v) is 2.31. The lowest BCUT2D eigenvalue weighted by molar-refractivity contribution is -0.0121. The van der Waals surface area contributed by atoms with E-state index < -0.39 is 5.60 Å². The lowest BCUT2D eigenvalue weighted by Gasteiger charge is -2.34. The minimum absolute atomic E-state index is 0.0810. The summed E-state index contributed by atoms with van der Waals surface area (Å²) in [6.07, 6.45) is 6.54. The molecule has 1 N–H and O–H groups in total. The van der Waals surface area contributed by atoms with Crippen molar-refractivity contribution in [3.63, 3.8) is 0 Å². The predicted molar refractivity (Wildman–Crippen MR) is 40.6 cm³/mol. The first-order valence-electron chi connectivity index (χ1n) is 3.95. The molecular formula is C9H14O. The first-order valence-corrected chi connectivity index (χ1v) is 3.95. The minimum atomic E-state index is -0.438. The van der Waals surface area contributed by atoms with Crippen LogP contribution in [0.15, 0.2) is 12.2 Å². The SMILES string of the molecule is C[C@]1(O)C[C@H]2C=C[C@@]1(C)C2. The van der Waals surface area contributed by atoms with Crippen LogP contribution in [0, 0.1) is 11.3 Å². The minimum Gasteiger partial charge on any atom is -0.389 e. The van der Waals surface area contributed by atoms with Gasteiger partial charge in [-0.05, 0) is 25.7 Å². The largest absolute Gasteiger partial charge is 0.389 e. The van der Waals surface area contributed by atoms with Crippen LogP contribution in [0.25, 0.3) is 0 Å². The van der Waals surface area contributed by atoms with Gasteiger partial charge in [0.15, 0.2) is 0 Å². The topological polar surface area (TPSA) is 20.2 Å². The lowest BCUT2D eigenvalue weighted by atomic mass is 9.77. The summed E-state index contributed by atoms with van der Waals surface area (Å²) in [7, 11) is 0. The summed E-state index contributed by atoms with van der Waals surface area (Å²) in [5, 5.41) is 9.89. The Hall–Kier alpha value is -0.300. The fraction of sp³-hybridized carbons (Fsp3) is 0.778. The Morgan fingerprint density at radius 1 is 1.40 bits per heavy atom. The summed E-state index contributed by atoms with van der Waals surface area (Å²) in [6.45, 7) is 4.10. The molecule has 0 aromatic rings. The highest BCUT2D eigenvalue weighted by Crippen LogP contribution is 2.54. The van der Waals surface area contributed by atoms with Gasteiger partial charge in [0, 0.05) is 5.41 Å². The Balaban J connectivity index is 2.41. The summed E-state index contributed by atoms with van der Waals surface area (Å²) < 4.78 is 0. The molecule has 0 saturated heterocycles. The number of hydrogen-bond acceptors (Lipinski definition) is 1. The fourth-order valence-electron chi connectivity index (χ4n) is 2.31. The van der Waals surface area contributed by atoms with Gasteiger partial charge >= 0.3 is 0 Å². The second-order valence-corrected chi connectivity index (χ2v) is 4.22.